The summed E-state index contributed by atoms with van der Waals surface area (Å²) in [7, 11) is 0. The molecule has 2 aliphatic rings. The molecule has 2 rings (SSSR count). The Morgan fingerprint density at radius 2 is 1.80 bits per heavy atom. The molecular formula is C14H27N. The molecular weight excluding hydrogens is 182 g/mol. The van der Waals surface area contributed by atoms with Crippen LogP contribution in [0.3, 0.4) is 0 Å². The third-order valence-electron chi connectivity index (χ3n) is 4.38. The molecule has 0 bridgehead atoms. The normalized spacial score (nSPS) is 25.8. The van der Waals surface area contributed by atoms with Gasteiger partial charge in [-0.25, -0.2) is 0 Å². The van der Waals surface area contributed by atoms with E-state index >= 15 is 0 Å². The van der Waals surface area contributed by atoms with Gasteiger partial charge in [0.1, 0.15) is 0 Å². The van der Waals surface area contributed by atoms with E-state index in [9.17, 15) is 0 Å². The van der Waals surface area contributed by atoms with Crippen LogP contribution in [0.5, 0.6) is 0 Å². The van der Waals surface area contributed by atoms with Crippen molar-refractivity contribution in [3.05, 3.63) is 0 Å². The first-order valence-corrected chi connectivity index (χ1v) is 6.94. The van der Waals surface area contributed by atoms with Crippen LogP contribution >= 0.6 is 0 Å². The molecule has 2 aliphatic carbocycles. The fourth-order valence-electron chi connectivity index (χ4n) is 3.49. The standard InChI is InChI=1S/C14H27N/c1-12(2)10-14(8-5-9-14)11-15-13-6-3-4-7-13/h12-13,15H,3-11H2,1-2H3. The molecule has 2 saturated carbocycles. The maximum absolute atomic E-state index is 3.83. The minimum Gasteiger partial charge on any atom is -0.313 e. The van der Waals surface area contributed by atoms with Crippen LogP contribution in [0.25, 0.3) is 0 Å². The van der Waals surface area contributed by atoms with Crippen molar-refractivity contribution in [2.45, 2.75) is 71.3 Å². The van der Waals surface area contributed by atoms with Gasteiger partial charge in [0.05, 0.1) is 0 Å². The van der Waals surface area contributed by atoms with Gasteiger partial charge in [-0.1, -0.05) is 33.1 Å². The molecule has 0 aromatic carbocycles. The highest BCUT2D eigenvalue weighted by molar-refractivity contribution is 4.91. The Hall–Kier alpha value is -0.0400. The summed E-state index contributed by atoms with van der Waals surface area (Å²) in [5.41, 5.74) is 0.691. The van der Waals surface area contributed by atoms with Gasteiger partial charge >= 0.3 is 0 Å². The van der Waals surface area contributed by atoms with Crippen molar-refractivity contribution in [3.63, 3.8) is 0 Å². The van der Waals surface area contributed by atoms with Gasteiger partial charge in [0.2, 0.25) is 0 Å². The Kier molecular flexibility index (Phi) is 3.71. The molecule has 15 heavy (non-hydrogen) atoms. The average molecular weight is 209 g/mol. The lowest BCUT2D eigenvalue weighted by Crippen LogP contribution is -2.43. The second-order valence-corrected chi connectivity index (χ2v) is 6.31. The van der Waals surface area contributed by atoms with E-state index in [1.807, 2.05) is 0 Å². The second kappa shape index (κ2) is 4.86. The molecule has 0 heterocycles. The first kappa shape index (κ1) is 11.4. The van der Waals surface area contributed by atoms with Crippen molar-refractivity contribution < 1.29 is 0 Å². The molecule has 0 aromatic heterocycles. The van der Waals surface area contributed by atoms with Crippen molar-refractivity contribution in [1.29, 1.82) is 0 Å². The lowest BCUT2D eigenvalue weighted by molar-refractivity contribution is 0.0942. The third kappa shape index (κ3) is 2.96. The van der Waals surface area contributed by atoms with Crippen molar-refractivity contribution in [2.75, 3.05) is 6.54 Å². The molecule has 0 atom stereocenters. The maximum atomic E-state index is 3.83. The fourth-order valence-corrected chi connectivity index (χ4v) is 3.49. The van der Waals surface area contributed by atoms with Crippen LogP contribution in [0.1, 0.15) is 65.2 Å². The van der Waals surface area contributed by atoms with Crippen LogP contribution < -0.4 is 5.32 Å². The van der Waals surface area contributed by atoms with E-state index < -0.39 is 0 Å². The highest BCUT2D eigenvalue weighted by atomic mass is 14.9. The number of rotatable bonds is 5. The predicted octanol–water partition coefficient (Wildman–Crippen LogP) is 3.74. The summed E-state index contributed by atoms with van der Waals surface area (Å²) >= 11 is 0. The van der Waals surface area contributed by atoms with Crippen LogP contribution in [-0.2, 0) is 0 Å². The molecule has 88 valence electrons. The van der Waals surface area contributed by atoms with Crippen molar-refractivity contribution in [2.24, 2.45) is 11.3 Å². The highest BCUT2D eigenvalue weighted by Gasteiger charge is 2.37. The van der Waals surface area contributed by atoms with Crippen molar-refractivity contribution >= 4 is 0 Å². The molecule has 0 saturated heterocycles. The van der Waals surface area contributed by atoms with E-state index in [0.29, 0.717) is 5.41 Å². The zero-order valence-corrected chi connectivity index (χ0v) is 10.5. The molecule has 0 aliphatic heterocycles. The molecule has 0 amide bonds. The molecule has 0 aromatic rings. The third-order valence-corrected chi connectivity index (χ3v) is 4.38. The zero-order chi connectivity index (χ0) is 10.7. The van der Waals surface area contributed by atoms with Gasteiger partial charge in [-0.05, 0) is 43.4 Å². The van der Waals surface area contributed by atoms with Gasteiger partial charge in [-0.2, -0.15) is 0 Å². The van der Waals surface area contributed by atoms with Crippen molar-refractivity contribution in [3.8, 4) is 0 Å². The Morgan fingerprint density at radius 3 is 2.27 bits per heavy atom. The Bertz CT molecular complexity index is 188. The zero-order valence-electron chi connectivity index (χ0n) is 10.5. The van der Waals surface area contributed by atoms with E-state index in [4.69, 9.17) is 0 Å². The monoisotopic (exact) mass is 209 g/mol. The molecule has 1 heteroatoms. The van der Waals surface area contributed by atoms with Crippen LogP contribution in [-0.4, -0.2) is 12.6 Å². The average Bonchev–Trinajstić information content (AvgIpc) is 2.61. The Morgan fingerprint density at radius 1 is 1.13 bits per heavy atom. The van der Waals surface area contributed by atoms with Gasteiger partial charge in [-0.15, -0.1) is 0 Å². The lowest BCUT2D eigenvalue weighted by atomic mass is 9.64. The van der Waals surface area contributed by atoms with Crippen LogP contribution in [0.15, 0.2) is 0 Å². The summed E-state index contributed by atoms with van der Waals surface area (Å²) in [4.78, 5) is 0. The smallest absolute Gasteiger partial charge is 0.00672 e. The van der Waals surface area contributed by atoms with Gasteiger partial charge in [0.25, 0.3) is 0 Å². The highest BCUT2D eigenvalue weighted by Crippen LogP contribution is 2.45. The van der Waals surface area contributed by atoms with Crippen molar-refractivity contribution in [1.82, 2.24) is 5.32 Å². The number of hydrogen-bond acceptors (Lipinski definition) is 1. The van der Waals surface area contributed by atoms with Gasteiger partial charge in [-0.3, -0.25) is 0 Å². The molecule has 0 spiro atoms. The Labute approximate surface area is 95.0 Å². The summed E-state index contributed by atoms with van der Waals surface area (Å²) < 4.78 is 0. The summed E-state index contributed by atoms with van der Waals surface area (Å²) in [5.74, 6) is 0.871. The van der Waals surface area contributed by atoms with E-state index in [-0.39, 0.29) is 0 Å². The Balaban J connectivity index is 1.74. The van der Waals surface area contributed by atoms with E-state index in [0.717, 1.165) is 12.0 Å². The lowest BCUT2D eigenvalue weighted by Gasteiger charge is -2.44. The topological polar surface area (TPSA) is 12.0 Å². The summed E-state index contributed by atoms with van der Waals surface area (Å²) in [6, 6.07) is 0.856. The van der Waals surface area contributed by atoms with Crippen LogP contribution in [0, 0.1) is 11.3 Å². The molecule has 0 radical (unpaired) electrons. The largest absolute Gasteiger partial charge is 0.313 e. The first-order valence-electron chi connectivity index (χ1n) is 6.94. The molecule has 1 nitrogen and oxygen atoms in total. The molecule has 1 N–H and O–H groups in total. The quantitative estimate of drug-likeness (QED) is 0.727. The predicted molar refractivity (Wildman–Crippen MR) is 66.0 cm³/mol. The van der Waals surface area contributed by atoms with Gasteiger partial charge < -0.3 is 5.32 Å². The first-order chi connectivity index (χ1) is 7.20. The second-order valence-electron chi connectivity index (χ2n) is 6.31. The number of hydrogen-bond donors (Lipinski definition) is 1. The minimum absolute atomic E-state index is 0.691. The van der Waals surface area contributed by atoms with Crippen LogP contribution in [0.2, 0.25) is 0 Å². The fraction of sp³-hybridized carbons (Fsp3) is 1.00. The molecule has 0 unspecified atom stereocenters. The SMILES string of the molecule is CC(C)CC1(CNC2CCCC2)CCC1. The molecule has 2 fully saturated rings. The van der Waals surface area contributed by atoms with E-state index in [2.05, 4.69) is 19.2 Å². The summed E-state index contributed by atoms with van der Waals surface area (Å²) in [5, 5.41) is 3.83. The van der Waals surface area contributed by atoms with E-state index in [1.165, 1.54) is 57.9 Å². The van der Waals surface area contributed by atoms with Gasteiger partial charge in [0.15, 0.2) is 0 Å². The van der Waals surface area contributed by atoms with Crippen LogP contribution in [0.4, 0.5) is 0 Å². The maximum Gasteiger partial charge on any atom is 0.00672 e. The summed E-state index contributed by atoms with van der Waals surface area (Å²) in [6.45, 7) is 6.04. The van der Waals surface area contributed by atoms with Gasteiger partial charge in [0, 0.05) is 12.6 Å². The van der Waals surface area contributed by atoms with E-state index in [1.54, 1.807) is 0 Å². The summed E-state index contributed by atoms with van der Waals surface area (Å²) in [6.07, 6.45) is 11.6. The number of nitrogens with one attached hydrogen (secondary N) is 1. The minimum atomic E-state index is 0.691.